The SMILES string of the molecule is C#COO[C@H]1C(CC)OC(C)C(OC(C)=O)C1OC(C)=O. The van der Waals surface area contributed by atoms with E-state index >= 15 is 0 Å². The van der Waals surface area contributed by atoms with Crippen LogP contribution in [0.25, 0.3) is 0 Å². The fourth-order valence-corrected chi connectivity index (χ4v) is 2.31. The minimum atomic E-state index is -0.867. The molecular weight excluding hydrogens is 280 g/mol. The van der Waals surface area contributed by atoms with Crippen LogP contribution in [-0.2, 0) is 33.6 Å². The zero-order valence-corrected chi connectivity index (χ0v) is 12.5. The summed E-state index contributed by atoms with van der Waals surface area (Å²) in [6, 6.07) is 0. The molecule has 1 aliphatic rings. The summed E-state index contributed by atoms with van der Waals surface area (Å²) in [6.07, 6.45) is 4.10. The van der Waals surface area contributed by atoms with E-state index in [1.54, 1.807) is 6.92 Å². The monoisotopic (exact) mass is 300 g/mol. The van der Waals surface area contributed by atoms with Gasteiger partial charge in [-0.2, -0.15) is 4.89 Å². The fraction of sp³-hybridized carbons (Fsp3) is 0.714. The summed E-state index contributed by atoms with van der Waals surface area (Å²) >= 11 is 0. The van der Waals surface area contributed by atoms with Crippen molar-refractivity contribution < 1.29 is 33.6 Å². The molecule has 4 unspecified atom stereocenters. The Kier molecular flexibility index (Phi) is 6.46. The van der Waals surface area contributed by atoms with Crippen LogP contribution in [0.15, 0.2) is 0 Å². The highest BCUT2D eigenvalue weighted by atomic mass is 17.2. The second kappa shape index (κ2) is 7.86. The lowest BCUT2D eigenvalue weighted by molar-refractivity contribution is -0.345. The van der Waals surface area contributed by atoms with Gasteiger partial charge in [-0.25, -0.2) is 0 Å². The summed E-state index contributed by atoms with van der Waals surface area (Å²) in [5.41, 5.74) is 0. The number of terminal acetylenes is 1. The minimum Gasteiger partial charge on any atom is -0.456 e. The Morgan fingerprint density at radius 2 is 1.71 bits per heavy atom. The predicted octanol–water partition coefficient (Wildman–Crippen LogP) is 0.955. The third-order valence-corrected chi connectivity index (χ3v) is 3.08. The minimum absolute atomic E-state index is 0.412. The standard InChI is InChI=1S/C14H20O7/c1-6-11-13(21-17-7-2)14(20-10(5)16)12(8(3)18-11)19-9(4)15/h2,8,11-14H,6H2,1,3-5H3/t8?,11?,12?,13-,14?/m0/s1. The first kappa shape index (κ1) is 17.3. The van der Waals surface area contributed by atoms with Crippen LogP contribution in [0.2, 0.25) is 0 Å². The smallest absolute Gasteiger partial charge is 0.303 e. The summed E-state index contributed by atoms with van der Waals surface area (Å²) in [7, 11) is 0. The molecule has 1 rings (SSSR count). The number of rotatable bonds is 5. The van der Waals surface area contributed by atoms with Crippen molar-refractivity contribution in [3.05, 3.63) is 0 Å². The van der Waals surface area contributed by atoms with Crippen molar-refractivity contribution in [2.24, 2.45) is 0 Å². The van der Waals surface area contributed by atoms with E-state index in [9.17, 15) is 9.59 Å². The van der Waals surface area contributed by atoms with Crippen LogP contribution in [0.5, 0.6) is 0 Å². The molecule has 1 heterocycles. The van der Waals surface area contributed by atoms with Gasteiger partial charge in [0.1, 0.15) is 0 Å². The van der Waals surface area contributed by atoms with Crippen LogP contribution in [0.3, 0.4) is 0 Å². The summed E-state index contributed by atoms with van der Waals surface area (Å²) in [6.45, 7) is 6.12. The van der Waals surface area contributed by atoms with Crippen LogP contribution in [0.1, 0.15) is 34.1 Å². The highest BCUT2D eigenvalue weighted by Gasteiger charge is 2.49. The lowest BCUT2D eigenvalue weighted by atomic mass is 9.94. The van der Waals surface area contributed by atoms with E-state index in [-0.39, 0.29) is 0 Å². The molecular formula is C14H20O7. The topological polar surface area (TPSA) is 80.3 Å². The quantitative estimate of drug-likeness (QED) is 0.324. The Morgan fingerprint density at radius 1 is 1.14 bits per heavy atom. The highest BCUT2D eigenvalue weighted by molar-refractivity contribution is 5.67. The molecule has 0 spiro atoms. The van der Waals surface area contributed by atoms with Gasteiger partial charge >= 0.3 is 11.9 Å². The summed E-state index contributed by atoms with van der Waals surface area (Å²) in [5.74, 6) is -1.05. The number of hydrogen-bond acceptors (Lipinski definition) is 7. The molecule has 5 atom stereocenters. The van der Waals surface area contributed by atoms with Gasteiger partial charge in [0.25, 0.3) is 0 Å². The van der Waals surface area contributed by atoms with Crippen LogP contribution >= 0.6 is 0 Å². The van der Waals surface area contributed by atoms with Gasteiger partial charge < -0.3 is 14.2 Å². The molecule has 1 fully saturated rings. The van der Waals surface area contributed by atoms with Crippen molar-refractivity contribution in [3.63, 3.8) is 0 Å². The molecule has 7 nitrogen and oxygen atoms in total. The van der Waals surface area contributed by atoms with Gasteiger partial charge in [0.2, 0.25) is 0 Å². The van der Waals surface area contributed by atoms with Gasteiger partial charge in [-0.05, 0) is 13.3 Å². The lowest BCUT2D eigenvalue weighted by Crippen LogP contribution is -2.59. The van der Waals surface area contributed by atoms with Crippen molar-refractivity contribution in [2.45, 2.75) is 64.6 Å². The van der Waals surface area contributed by atoms with Crippen molar-refractivity contribution in [1.29, 1.82) is 0 Å². The molecule has 0 bridgehead atoms. The number of esters is 2. The average Bonchev–Trinajstić information content (AvgIpc) is 2.40. The van der Waals surface area contributed by atoms with Gasteiger partial charge in [-0.3, -0.25) is 14.5 Å². The maximum Gasteiger partial charge on any atom is 0.303 e. The largest absolute Gasteiger partial charge is 0.456 e. The number of carbonyl (C=O) groups excluding carboxylic acids is 2. The fourth-order valence-electron chi connectivity index (χ4n) is 2.31. The normalized spacial score (nSPS) is 31.9. The summed E-state index contributed by atoms with van der Waals surface area (Å²) < 4.78 is 16.2. The van der Waals surface area contributed by atoms with Crippen LogP contribution in [0, 0.1) is 12.5 Å². The van der Waals surface area contributed by atoms with Gasteiger partial charge in [0.15, 0.2) is 24.4 Å². The summed E-state index contributed by atoms with van der Waals surface area (Å²) in [5, 5.41) is 0. The second-order valence-electron chi connectivity index (χ2n) is 4.70. The first-order valence-electron chi connectivity index (χ1n) is 6.68. The maximum atomic E-state index is 11.3. The molecule has 0 amide bonds. The van der Waals surface area contributed by atoms with Crippen molar-refractivity contribution in [1.82, 2.24) is 0 Å². The van der Waals surface area contributed by atoms with E-state index in [1.165, 1.54) is 13.8 Å². The molecule has 21 heavy (non-hydrogen) atoms. The van der Waals surface area contributed by atoms with Gasteiger partial charge in [0.05, 0.1) is 12.2 Å². The van der Waals surface area contributed by atoms with Gasteiger partial charge in [-0.15, -0.1) is 0 Å². The lowest BCUT2D eigenvalue weighted by Gasteiger charge is -2.42. The van der Waals surface area contributed by atoms with E-state index in [1.807, 2.05) is 13.0 Å². The molecule has 0 aromatic carbocycles. The molecule has 0 aromatic rings. The molecule has 7 heteroatoms. The molecule has 0 N–H and O–H groups in total. The van der Waals surface area contributed by atoms with Gasteiger partial charge in [0, 0.05) is 13.8 Å². The summed E-state index contributed by atoms with van der Waals surface area (Å²) in [4.78, 5) is 32.2. The second-order valence-corrected chi connectivity index (χ2v) is 4.70. The van der Waals surface area contributed by atoms with E-state index < -0.39 is 42.5 Å². The number of carbonyl (C=O) groups is 2. The predicted molar refractivity (Wildman–Crippen MR) is 70.5 cm³/mol. The Bertz CT molecular complexity index is 414. The van der Waals surface area contributed by atoms with Crippen molar-refractivity contribution in [3.8, 4) is 12.5 Å². The molecule has 1 aliphatic heterocycles. The third kappa shape index (κ3) is 4.62. The van der Waals surface area contributed by atoms with Crippen LogP contribution < -0.4 is 0 Å². The number of ether oxygens (including phenoxy) is 3. The third-order valence-electron chi connectivity index (χ3n) is 3.08. The van der Waals surface area contributed by atoms with E-state index in [0.717, 1.165) is 0 Å². The molecule has 0 aromatic heterocycles. The zero-order valence-electron chi connectivity index (χ0n) is 12.5. The molecule has 0 aliphatic carbocycles. The van der Waals surface area contributed by atoms with Crippen molar-refractivity contribution >= 4 is 11.9 Å². The Hall–Kier alpha value is -1.78. The first-order chi connectivity index (χ1) is 9.90. The van der Waals surface area contributed by atoms with Crippen LogP contribution in [0.4, 0.5) is 0 Å². The molecule has 118 valence electrons. The van der Waals surface area contributed by atoms with Crippen molar-refractivity contribution in [2.75, 3.05) is 0 Å². The maximum absolute atomic E-state index is 11.3. The number of hydrogen-bond donors (Lipinski definition) is 0. The molecule has 0 saturated carbocycles. The Balaban J connectivity index is 3.02. The van der Waals surface area contributed by atoms with E-state index in [0.29, 0.717) is 6.42 Å². The molecule has 1 saturated heterocycles. The highest BCUT2D eigenvalue weighted by Crippen LogP contribution is 2.29. The first-order valence-corrected chi connectivity index (χ1v) is 6.68. The Morgan fingerprint density at radius 3 is 2.19 bits per heavy atom. The van der Waals surface area contributed by atoms with Crippen LogP contribution in [-0.4, -0.2) is 42.5 Å². The van der Waals surface area contributed by atoms with Gasteiger partial charge in [-0.1, -0.05) is 13.3 Å². The average molecular weight is 300 g/mol. The zero-order chi connectivity index (χ0) is 16.0. The molecule has 0 radical (unpaired) electrons. The Labute approximate surface area is 123 Å². The van der Waals surface area contributed by atoms with E-state index in [4.69, 9.17) is 25.5 Å². The van der Waals surface area contributed by atoms with E-state index in [2.05, 4.69) is 4.89 Å².